The number of ether oxygens (including phenoxy) is 2. The summed E-state index contributed by atoms with van der Waals surface area (Å²) in [5.74, 6) is -0.182. The summed E-state index contributed by atoms with van der Waals surface area (Å²) < 4.78 is 11.7. The van der Waals surface area contributed by atoms with Crippen LogP contribution in [0, 0.1) is 13.8 Å². The molecule has 4 rings (SSSR count). The fourth-order valence-corrected chi connectivity index (χ4v) is 4.91. The molecule has 3 amide bonds. The Bertz CT molecular complexity index is 1410. The molecular formula is C29H27ClN2O5S. The summed E-state index contributed by atoms with van der Waals surface area (Å²) in [5, 5.41) is 2.57. The minimum atomic E-state index is -0.547. The third kappa shape index (κ3) is 6.57. The minimum absolute atomic E-state index is 0.186. The van der Waals surface area contributed by atoms with Gasteiger partial charge in [-0.15, -0.1) is 0 Å². The van der Waals surface area contributed by atoms with Crippen molar-refractivity contribution in [3.05, 3.63) is 92.8 Å². The lowest BCUT2D eigenvalue weighted by Crippen LogP contribution is -2.36. The lowest BCUT2D eigenvalue weighted by Gasteiger charge is -2.15. The van der Waals surface area contributed by atoms with Gasteiger partial charge in [0, 0.05) is 5.69 Å². The summed E-state index contributed by atoms with van der Waals surface area (Å²) in [6, 6.07) is 18.7. The van der Waals surface area contributed by atoms with Gasteiger partial charge < -0.3 is 14.8 Å². The Labute approximate surface area is 230 Å². The average molecular weight is 551 g/mol. The molecule has 38 heavy (non-hydrogen) atoms. The Morgan fingerprint density at radius 1 is 1.05 bits per heavy atom. The van der Waals surface area contributed by atoms with Gasteiger partial charge in [-0.1, -0.05) is 54.1 Å². The number of hydrogen-bond donors (Lipinski definition) is 1. The molecule has 0 bridgehead atoms. The van der Waals surface area contributed by atoms with E-state index in [4.69, 9.17) is 21.1 Å². The fraction of sp³-hybridized carbons (Fsp3) is 0.207. The zero-order chi connectivity index (χ0) is 27.2. The minimum Gasteiger partial charge on any atom is -0.490 e. The van der Waals surface area contributed by atoms with Gasteiger partial charge in [0.2, 0.25) is 5.91 Å². The van der Waals surface area contributed by atoms with E-state index < -0.39 is 17.1 Å². The molecule has 0 unspecified atom stereocenters. The normalized spacial score (nSPS) is 14.2. The van der Waals surface area contributed by atoms with Gasteiger partial charge in [0.05, 0.1) is 16.5 Å². The number of carbonyl (C=O) groups excluding carboxylic acids is 3. The van der Waals surface area contributed by atoms with Crippen molar-refractivity contribution < 1.29 is 23.9 Å². The van der Waals surface area contributed by atoms with E-state index in [0.717, 1.165) is 33.4 Å². The fourth-order valence-electron chi connectivity index (χ4n) is 3.80. The van der Waals surface area contributed by atoms with Crippen LogP contribution < -0.4 is 14.8 Å². The molecule has 1 saturated heterocycles. The molecule has 0 aromatic heterocycles. The smallest absolute Gasteiger partial charge is 0.294 e. The van der Waals surface area contributed by atoms with Crippen molar-refractivity contribution >= 4 is 52.2 Å². The Balaban J connectivity index is 1.49. The molecule has 1 fully saturated rings. The van der Waals surface area contributed by atoms with Crippen LogP contribution >= 0.6 is 23.4 Å². The quantitative estimate of drug-likeness (QED) is 0.302. The van der Waals surface area contributed by atoms with E-state index in [0.29, 0.717) is 41.0 Å². The van der Waals surface area contributed by atoms with E-state index in [1.807, 2.05) is 69.3 Å². The van der Waals surface area contributed by atoms with Crippen molar-refractivity contribution in [2.45, 2.75) is 27.4 Å². The molecular weight excluding hydrogens is 524 g/mol. The summed E-state index contributed by atoms with van der Waals surface area (Å²) in [6.45, 7) is 5.94. The monoisotopic (exact) mass is 550 g/mol. The van der Waals surface area contributed by atoms with E-state index >= 15 is 0 Å². The van der Waals surface area contributed by atoms with Gasteiger partial charge in [0.25, 0.3) is 11.1 Å². The van der Waals surface area contributed by atoms with Crippen LogP contribution in [0.4, 0.5) is 10.5 Å². The van der Waals surface area contributed by atoms with Crippen LogP contribution in [-0.2, 0) is 16.2 Å². The molecule has 196 valence electrons. The molecule has 1 aliphatic heterocycles. The topological polar surface area (TPSA) is 84.9 Å². The second kappa shape index (κ2) is 12.2. The van der Waals surface area contributed by atoms with Gasteiger partial charge in [0.15, 0.2) is 11.5 Å². The van der Waals surface area contributed by atoms with Gasteiger partial charge in [-0.05, 0) is 79.1 Å². The van der Waals surface area contributed by atoms with Crippen LogP contribution in [0.5, 0.6) is 11.5 Å². The molecule has 0 aliphatic carbocycles. The predicted octanol–water partition coefficient (Wildman–Crippen LogP) is 6.61. The zero-order valence-electron chi connectivity index (χ0n) is 21.2. The molecule has 0 radical (unpaired) electrons. The second-order valence-electron chi connectivity index (χ2n) is 8.67. The Kier molecular flexibility index (Phi) is 8.76. The van der Waals surface area contributed by atoms with Gasteiger partial charge in [0.1, 0.15) is 13.2 Å². The first-order chi connectivity index (χ1) is 18.2. The molecule has 9 heteroatoms. The number of benzene rings is 3. The molecule has 7 nitrogen and oxygen atoms in total. The highest BCUT2D eigenvalue weighted by Crippen LogP contribution is 2.39. The third-order valence-electron chi connectivity index (χ3n) is 5.70. The number of imide groups is 1. The maximum atomic E-state index is 13.0. The van der Waals surface area contributed by atoms with Crippen molar-refractivity contribution in [2.24, 2.45) is 0 Å². The molecule has 0 saturated carbocycles. The third-order valence-corrected chi connectivity index (χ3v) is 6.89. The number of carbonyl (C=O) groups is 3. The molecule has 3 aromatic carbocycles. The first kappa shape index (κ1) is 27.3. The summed E-state index contributed by atoms with van der Waals surface area (Å²) in [5.41, 5.74) is 4.06. The number of thioether (sulfide) groups is 1. The highest BCUT2D eigenvalue weighted by atomic mass is 35.5. The Hall–Kier alpha value is -3.75. The Morgan fingerprint density at radius 2 is 1.82 bits per heavy atom. The largest absolute Gasteiger partial charge is 0.490 e. The van der Waals surface area contributed by atoms with Gasteiger partial charge in [-0.25, -0.2) is 0 Å². The van der Waals surface area contributed by atoms with Gasteiger partial charge in [-0.3, -0.25) is 19.3 Å². The summed E-state index contributed by atoms with van der Waals surface area (Å²) in [7, 11) is 0. The molecule has 1 heterocycles. The van der Waals surface area contributed by atoms with E-state index in [9.17, 15) is 14.4 Å². The molecule has 3 aromatic rings. The highest BCUT2D eigenvalue weighted by Gasteiger charge is 2.36. The molecule has 1 aliphatic rings. The number of nitrogens with one attached hydrogen (secondary N) is 1. The second-order valence-corrected chi connectivity index (χ2v) is 10.1. The highest BCUT2D eigenvalue weighted by molar-refractivity contribution is 8.18. The van der Waals surface area contributed by atoms with Crippen LogP contribution in [0.15, 0.2) is 65.6 Å². The van der Waals surface area contributed by atoms with E-state index in [1.165, 1.54) is 0 Å². The van der Waals surface area contributed by atoms with Crippen LogP contribution in [0.2, 0.25) is 5.02 Å². The van der Waals surface area contributed by atoms with Crippen molar-refractivity contribution in [2.75, 3.05) is 18.5 Å². The number of rotatable bonds is 9. The summed E-state index contributed by atoms with van der Waals surface area (Å²) in [6.07, 6.45) is 1.56. The number of hydrogen-bond acceptors (Lipinski definition) is 6. The lowest BCUT2D eigenvalue weighted by atomic mass is 10.1. The molecule has 0 spiro atoms. The molecule has 0 atom stereocenters. The van der Waals surface area contributed by atoms with Crippen molar-refractivity contribution in [1.29, 1.82) is 0 Å². The first-order valence-electron chi connectivity index (χ1n) is 12.0. The molecule has 1 N–H and O–H groups in total. The number of anilines is 1. The number of aryl methyl sites for hydroxylation is 2. The van der Waals surface area contributed by atoms with Crippen molar-refractivity contribution in [3.8, 4) is 11.5 Å². The first-order valence-corrected chi connectivity index (χ1v) is 13.2. The lowest BCUT2D eigenvalue weighted by molar-refractivity contribution is -0.127. The Morgan fingerprint density at radius 3 is 2.55 bits per heavy atom. The number of nitrogens with zero attached hydrogens (tertiary/aromatic N) is 1. The van der Waals surface area contributed by atoms with E-state index in [-0.39, 0.29) is 11.4 Å². The number of amides is 3. The van der Waals surface area contributed by atoms with Crippen molar-refractivity contribution in [1.82, 2.24) is 4.90 Å². The van der Waals surface area contributed by atoms with Gasteiger partial charge >= 0.3 is 0 Å². The van der Waals surface area contributed by atoms with Crippen molar-refractivity contribution in [3.63, 3.8) is 0 Å². The zero-order valence-corrected chi connectivity index (χ0v) is 22.8. The number of halogens is 1. The maximum absolute atomic E-state index is 13.0. The SMILES string of the molecule is CCOc1cc(/C=C2\SC(=O)N(CC(=O)Nc3cc(C)ccc3C)C2=O)cc(Cl)c1OCc1ccccc1. The summed E-state index contributed by atoms with van der Waals surface area (Å²) >= 11 is 7.30. The predicted molar refractivity (Wildman–Crippen MR) is 151 cm³/mol. The average Bonchev–Trinajstić information content (AvgIpc) is 3.13. The standard InChI is InChI=1S/C29H27ClN2O5S/c1-4-36-24-14-21(13-22(30)27(24)37-17-20-8-6-5-7-9-20)15-25-28(34)32(29(35)38-25)16-26(33)31-23-12-18(2)10-11-19(23)3/h5-15H,4,16-17H2,1-3H3,(H,31,33)/b25-15-. The summed E-state index contributed by atoms with van der Waals surface area (Å²) in [4.78, 5) is 39.3. The maximum Gasteiger partial charge on any atom is 0.294 e. The van der Waals surface area contributed by atoms with Crippen LogP contribution in [0.3, 0.4) is 0 Å². The van der Waals surface area contributed by atoms with E-state index in [1.54, 1.807) is 18.2 Å². The van der Waals surface area contributed by atoms with Crippen LogP contribution in [0.25, 0.3) is 6.08 Å². The van der Waals surface area contributed by atoms with Crippen LogP contribution in [0.1, 0.15) is 29.2 Å². The van der Waals surface area contributed by atoms with Gasteiger partial charge in [-0.2, -0.15) is 0 Å². The van der Waals surface area contributed by atoms with Crippen LogP contribution in [-0.4, -0.2) is 35.1 Å². The van der Waals surface area contributed by atoms with E-state index in [2.05, 4.69) is 5.32 Å².